The van der Waals surface area contributed by atoms with Crippen LogP contribution in [0, 0.1) is 5.92 Å². The number of hydrogen-bond acceptors (Lipinski definition) is 5. The Balaban J connectivity index is 1.96. The molecule has 0 aromatic heterocycles. The second-order valence-corrected chi connectivity index (χ2v) is 6.64. The van der Waals surface area contributed by atoms with E-state index in [0.717, 1.165) is 37.1 Å². The molecule has 0 bridgehead atoms. The standard InChI is InChI=1S/C20H31N3O4/c1-5-21-20(23(2)10-11-27-14-15-6-7-15)22-13-16-8-9-17(19(24)26-4)18(12-16)25-3/h8-9,12,15H,5-7,10-11,13-14H2,1-4H3,(H,21,22). The van der Waals surface area contributed by atoms with Crippen LogP contribution in [0.2, 0.25) is 0 Å². The van der Waals surface area contributed by atoms with Crippen molar-refractivity contribution in [3.8, 4) is 5.75 Å². The fourth-order valence-electron chi connectivity index (χ4n) is 2.59. The molecule has 0 aliphatic heterocycles. The Morgan fingerprint density at radius 1 is 1.33 bits per heavy atom. The fraction of sp³-hybridized carbons (Fsp3) is 0.600. The van der Waals surface area contributed by atoms with Crippen LogP contribution < -0.4 is 10.1 Å². The molecule has 1 aromatic carbocycles. The molecule has 0 heterocycles. The third kappa shape index (κ3) is 6.75. The summed E-state index contributed by atoms with van der Waals surface area (Å²) >= 11 is 0. The van der Waals surface area contributed by atoms with E-state index < -0.39 is 5.97 Å². The summed E-state index contributed by atoms with van der Waals surface area (Å²) in [7, 11) is 4.89. The third-order valence-electron chi connectivity index (χ3n) is 4.40. The summed E-state index contributed by atoms with van der Waals surface area (Å²) in [6.07, 6.45) is 2.61. The average molecular weight is 377 g/mol. The average Bonchev–Trinajstić information content (AvgIpc) is 3.51. The van der Waals surface area contributed by atoms with Crippen molar-refractivity contribution >= 4 is 11.9 Å². The first kappa shape index (κ1) is 21.0. The summed E-state index contributed by atoms with van der Waals surface area (Å²) in [6, 6.07) is 5.39. The molecule has 0 amide bonds. The molecule has 1 N–H and O–H groups in total. The van der Waals surface area contributed by atoms with Gasteiger partial charge in [0.15, 0.2) is 5.96 Å². The van der Waals surface area contributed by atoms with Crippen LogP contribution in [-0.4, -0.2) is 64.4 Å². The normalized spacial score (nSPS) is 14.0. The van der Waals surface area contributed by atoms with Gasteiger partial charge in [0.05, 0.1) is 27.4 Å². The van der Waals surface area contributed by atoms with Crippen molar-refractivity contribution in [1.82, 2.24) is 10.2 Å². The Kier molecular flexibility index (Phi) is 8.39. The summed E-state index contributed by atoms with van der Waals surface area (Å²) in [6.45, 7) is 5.65. The van der Waals surface area contributed by atoms with Gasteiger partial charge >= 0.3 is 5.97 Å². The summed E-state index contributed by atoms with van der Waals surface area (Å²) < 4.78 is 15.8. The van der Waals surface area contributed by atoms with Gasteiger partial charge in [0.1, 0.15) is 11.3 Å². The molecule has 0 saturated heterocycles. The number of guanidine groups is 1. The van der Waals surface area contributed by atoms with Gasteiger partial charge in [-0.25, -0.2) is 9.79 Å². The van der Waals surface area contributed by atoms with Gasteiger partial charge in [0.25, 0.3) is 0 Å². The van der Waals surface area contributed by atoms with Crippen molar-refractivity contribution in [2.24, 2.45) is 10.9 Å². The highest BCUT2D eigenvalue weighted by molar-refractivity contribution is 5.92. The van der Waals surface area contributed by atoms with Gasteiger partial charge in [-0.05, 0) is 43.4 Å². The number of ether oxygens (including phenoxy) is 3. The van der Waals surface area contributed by atoms with Crippen molar-refractivity contribution in [2.75, 3.05) is 47.6 Å². The van der Waals surface area contributed by atoms with Crippen LogP contribution in [0.15, 0.2) is 23.2 Å². The molecule has 7 nitrogen and oxygen atoms in total. The lowest BCUT2D eigenvalue weighted by molar-refractivity contribution is 0.0597. The number of aliphatic imine (C=N–C) groups is 1. The number of esters is 1. The molecule has 1 fully saturated rings. The zero-order valence-electron chi connectivity index (χ0n) is 16.8. The van der Waals surface area contributed by atoms with Crippen LogP contribution in [0.5, 0.6) is 5.75 Å². The van der Waals surface area contributed by atoms with E-state index in [1.807, 2.05) is 26.1 Å². The Morgan fingerprint density at radius 2 is 2.11 bits per heavy atom. The number of benzene rings is 1. The van der Waals surface area contributed by atoms with E-state index in [4.69, 9.17) is 14.2 Å². The highest BCUT2D eigenvalue weighted by atomic mass is 16.5. The zero-order valence-corrected chi connectivity index (χ0v) is 16.8. The molecule has 1 aromatic rings. The number of rotatable bonds is 10. The Bertz CT molecular complexity index is 644. The van der Waals surface area contributed by atoms with Gasteiger partial charge in [0, 0.05) is 26.7 Å². The quantitative estimate of drug-likeness (QED) is 0.292. The van der Waals surface area contributed by atoms with E-state index in [0.29, 0.717) is 24.5 Å². The van der Waals surface area contributed by atoms with E-state index in [9.17, 15) is 4.79 Å². The lowest BCUT2D eigenvalue weighted by Gasteiger charge is -2.22. The number of carbonyl (C=O) groups excluding carboxylic acids is 1. The van der Waals surface area contributed by atoms with Crippen molar-refractivity contribution in [2.45, 2.75) is 26.3 Å². The summed E-state index contributed by atoms with van der Waals surface area (Å²) in [5.74, 6) is 1.67. The molecule has 0 atom stereocenters. The Hall–Kier alpha value is -2.28. The van der Waals surface area contributed by atoms with E-state index >= 15 is 0 Å². The van der Waals surface area contributed by atoms with Crippen LogP contribution in [-0.2, 0) is 16.0 Å². The van der Waals surface area contributed by atoms with Crippen LogP contribution >= 0.6 is 0 Å². The van der Waals surface area contributed by atoms with Crippen LogP contribution in [0.4, 0.5) is 0 Å². The molecule has 0 unspecified atom stereocenters. The van der Waals surface area contributed by atoms with Gasteiger partial charge < -0.3 is 24.4 Å². The smallest absolute Gasteiger partial charge is 0.341 e. The summed E-state index contributed by atoms with van der Waals surface area (Å²) in [5, 5.41) is 3.30. The summed E-state index contributed by atoms with van der Waals surface area (Å²) in [5.41, 5.74) is 1.36. The minimum Gasteiger partial charge on any atom is -0.496 e. The van der Waals surface area contributed by atoms with Crippen molar-refractivity contribution in [3.05, 3.63) is 29.3 Å². The molecule has 150 valence electrons. The first-order chi connectivity index (χ1) is 13.1. The number of nitrogens with one attached hydrogen (secondary N) is 1. The molecule has 1 aliphatic carbocycles. The molecule has 1 saturated carbocycles. The second-order valence-electron chi connectivity index (χ2n) is 6.64. The lowest BCUT2D eigenvalue weighted by atomic mass is 10.1. The molecule has 0 radical (unpaired) electrons. The van der Waals surface area contributed by atoms with E-state index in [-0.39, 0.29) is 0 Å². The highest BCUT2D eigenvalue weighted by Gasteiger charge is 2.21. The zero-order chi connectivity index (χ0) is 19.6. The molecule has 1 aliphatic rings. The topological polar surface area (TPSA) is 72.4 Å². The van der Waals surface area contributed by atoms with Gasteiger partial charge in [0.2, 0.25) is 0 Å². The fourth-order valence-corrected chi connectivity index (χ4v) is 2.59. The van der Waals surface area contributed by atoms with Crippen molar-refractivity contribution < 1.29 is 19.0 Å². The van der Waals surface area contributed by atoms with Crippen LogP contribution in [0.3, 0.4) is 0 Å². The number of carbonyl (C=O) groups is 1. The predicted molar refractivity (Wildman–Crippen MR) is 105 cm³/mol. The second kappa shape index (κ2) is 10.8. The number of hydrogen-bond donors (Lipinski definition) is 1. The van der Waals surface area contributed by atoms with Crippen molar-refractivity contribution in [3.63, 3.8) is 0 Å². The van der Waals surface area contributed by atoms with Gasteiger partial charge in [-0.3, -0.25) is 0 Å². The van der Waals surface area contributed by atoms with E-state index in [1.165, 1.54) is 27.1 Å². The Labute approximate surface area is 161 Å². The van der Waals surface area contributed by atoms with Crippen LogP contribution in [0.25, 0.3) is 0 Å². The van der Waals surface area contributed by atoms with Gasteiger partial charge in [-0.2, -0.15) is 0 Å². The van der Waals surface area contributed by atoms with Gasteiger partial charge in [-0.15, -0.1) is 0 Å². The number of methoxy groups -OCH3 is 2. The first-order valence-corrected chi connectivity index (χ1v) is 9.41. The Morgan fingerprint density at radius 3 is 2.74 bits per heavy atom. The SMILES string of the molecule is CCNC(=NCc1ccc(C(=O)OC)c(OC)c1)N(C)CCOCC1CC1. The molecule has 2 rings (SSSR count). The minimum absolute atomic E-state index is 0.407. The van der Waals surface area contributed by atoms with E-state index in [2.05, 4.69) is 15.2 Å². The maximum Gasteiger partial charge on any atom is 0.341 e. The molecule has 0 spiro atoms. The van der Waals surface area contributed by atoms with Crippen molar-refractivity contribution in [1.29, 1.82) is 0 Å². The number of nitrogens with zero attached hydrogens (tertiary/aromatic N) is 2. The molecular weight excluding hydrogens is 346 g/mol. The molecule has 27 heavy (non-hydrogen) atoms. The first-order valence-electron chi connectivity index (χ1n) is 9.41. The van der Waals surface area contributed by atoms with E-state index in [1.54, 1.807) is 6.07 Å². The van der Waals surface area contributed by atoms with Crippen LogP contribution in [0.1, 0.15) is 35.7 Å². The monoisotopic (exact) mass is 377 g/mol. The summed E-state index contributed by atoms with van der Waals surface area (Å²) in [4.78, 5) is 18.5. The maximum atomic E-state index is 11.8. The minimum atomic E-state index is -0.416. The lowest BCUT2D eigenvalue weighted by Crippen LogP contribution is -2.40. The molecule has 7 heteroatoms. The number of likely N-dealkylation sites (N-methyl/N-ethyl adjacent to an activating group) is 1. The third-order valence-corrected chi connectivity index (χ3v) is 4.40. The predicted octanol–water partition coefficient (Wildman–Crippen LogP) is 2.31. The van der Waals surface area contributed by atoms with Gasteiger partial charge in [-0.1, -0.05) is 6.07 Å². The maximum absolute atomic E-state index is 11.8. The molecular formula is C20H31N3O4. The highest BCUT2D eigenvalue weighted by Crippen LogP contribution is 2.28. The largest absolute Gasteiger partial charge is 0.496 e.